The van der Waals surface area contributed by atoms with Crippen molar-refractivity contribution in [1.29, 1.82) is 0 Å². The average molecular weight is 467 g/mol. The van der Waals surface area contributed by atoms with Gasteiger partial charge < -0.3 is 0 Å². The monoisotopic (exact) mass is 466 g/mol. The molecule has 8 aliphatic rings. The van der Waals surface area contributed by atoms with Crippen LogP contribution in [-0.2, 0) is 4.89 Å². The highest BCUT2D eigenvalue weighted by Crippen LogP contribution is 2.79. The van der Waals surface area contributed by atoms with Gasteiger partial charge in [0.15, 0.2) is 0 Å². The Morgan fingerprint density at radius 3 is 1.97 bits per heavy atom. The van der Waals surface area contributed by atoms with Gasteiger partial charge in [0, 0.05) is 5.41 Å². The summed E-state index contributed by atoms with van der Waals surface area (Å²) in [7, 11) is 0. The zero-order valence-electron chi connectivity index (χ0n) is 20.4. The normalized spacial score (nSPS) is 61.2. The van der Waals surface area contributed by atoms with Gasteiger partial charge in [-0.25, -0.2) is 4.89 Å². The van der Waals surface area contributed by atoms with Crippen molar-refractivity contribution in [2.45, 2.75) is 90.8 Å². The minimum absolute atomic E-state index is 0.162. The summed E-state index contributed by atoms with van der Waals surface area (Å²) in [6.07, 6.45) is 2.80. The van der Waals surface area contributed by atoms with Crippen LogP contribution >= 0.6 is 0 Å². The number of hydrogen-bond donors (Lipinski definition) is 1. The highest BCUT2D eigenvalue weighted by atomic mass is 19.4. The van der Waals surface area contributed by atoms with Gasteiger partial charge >= 0.3 is 6.18 Å². The largest absolute Gasteiger partial charge is 0.397 e. The molecule has 0 aromatic carbocycles. The predicted molar refractivity (Wildman–Crippen MR) is 119 cm³/mol. The van der Waals surface area contributed by atoms with Gasteiger partial charge in [0.25, 0.3) is 0 Å². The van der Waals surface area contributed by atoms with Gasteiger partial charge in [-0.3, -0.25) is 5.26 Å². The van der Waals surface area contributed by atoms with E-state index in [0.29, 0.717) is 54.3 Å². The van der Waals surface area contributed by atoms with Crippen molar-refractivity contribution in [3.8, 4) is 0 Å². The third-order valence-electron chi connectivity index (χ3n) is 13.8. The highest BCUT2D eigenvalue weighted by Gasteiger charge is 2.80. The molecule has 5 heteroatoms. The van der Waals surface area contributed by atoms with Crippen LogP contribution in [0, 0.1) is 81.8 Å². The zero-order chi connectivity index (χ0) is 23.1. The molecule has 186 valence electrons. The molecule has 1 N–H and O–H groups in total. The maximum absolute atomic E-state index is 15.5. The lowest BCUT2D eigenvalue weighted by Crippen LogP contribution is -2.67. The maximum atomic E-state index is 15.5. The van der Waals surface area contributed by atoms with Crippen molar-refractivity contribution in [3.05, 3.63) is 0 Å². The third-order valence-corrected chi connectivity index (χ3v) is 13.8. The van der Waals surface area contributed by atoms with E-state index in [9.17, 15) is 5.26 Å². The second-order valence-electron chi connectivity index (χ2n) is 14.0. The molecule has 8 saturated carbocycles. The van der Waals surface area contributed by atoms with Crippen LogP contribution < -0.4 is 0 Å². The summed E-state index contributed by atoms with van der Waals surface area (Å²) >= 11 is 0. The Morgan fingerprint density at radius 1 is 0.879 bits per heavy atom. The van der Waals surface area contributed by atoms with E-state index in [1.165, 1.54) is 6.42 Å². The van der Waals surface area contributed by atoms with Crippen molar-refractivity contribution in [2.75, 3.05) is 0 Å². The van der Waals surface area contributed by atoms with E-state index in [1.807, 2.05) is 0 Å². The van der Waals surface area contributed by atoms with Gasteiger partial charge in [0.1, 0.15) is 6.10 Å². The molecule has 0 aromatic heterocycles. The molecule has 0 aliphatic heterocycles. The van der Waals surface area contributed by atoms with Gasteiger partial charge in [-0.05, 0) is 129 Å². The number of halogens is 3. The minimum Gasteiger partial charge on any atom is -0.251 e. The van der Waals surface area contributed by atoms with E-state index in [2.05, 4.69) is 20.8 Å². The molecule has 8 bridgehead atoms. The third kappa shape index (κ3) is 2.37. The minimum atomic E-state index is -4.34. The van der Waals surface area contributed by atoms with Crippen molar-refractivity contribution in [2.24, 2.45) is 81.8 Å². The molecule has 0 aromatic rings. The lowest BCUT2D eigenvalue weighted by atomic mass is 9.40. The Bertz CT molecular complexity index is 796. The summed E-state index contributed by atoms with van der Waals surface area (Å²) in [4.78, 5) is 5.29. The molecule has 0 amide bonds. The van der Waals surface area contributed by atoms with Crippen LogP contribution in [0.15, 0.2) is 0 Å². The molecule has 33 heavy (non-hydrogen) atoms. The fourth-order valence-electron chi connectivity index (χ4n) is 13.0. The van der Waals surface area contributed by atoms with E-state index in [4.69, 9.17) is 4.89 Å². The Morgan fingerprint density at radius 2 is 1.45 bits per heavy atom. The summed E-state index contributed by atoms with van der Waals surface area (Å²) < 4.78 is 46.5. The van der Waals surface area contributed by atoms with Crippen molar-refractivity contribution >= 4 is 0 Å². The van der Waals surface area contributed by atoms with Crippen molar-refractivity contribution in [3.63, 3.8) is 0 Å². The van der Waals surface area contributed by atoms with E-state index >= 15 is 13.2 Å². The van der Waals surface area contributed by atoms with Crippen LogP contribution in [-0.4, -0.2) is 17.5 Å². The van der Waals surface area contributed by atoms with Crippen LogP contribution in [0.2, 0.25) is 0 Å². The molecule has 10 atom stereocenters. The first-order valence-corrected chi connectivity index (χ1v) is 14.0. The summed E-state index contributed by atoms with van der Waals surface area (Å²) in [6, 6.07) is 0. The molecule has 2 nitrogen and oxygen atoms in total. The number of hydrogen-bond acceptors (Lipinski definition) is 2. The predicted octanol–water partition coefficient (Wildman–Crippen LogP) is 7.44. The maximum Gasteiger partial charge on any atom is 0.397 e. The van der Waals surface area contributed by atoms with Crippen LogP contribution in [0.5, 0.6) is 0 Å². The summed E-state index contributed by atoms with van der Waals surface area (Å²) in [6.45, 7) is 6.72. The van der Waals surface area contributed by atoms with Gasteiger partial charge in [-0.15, -0.1) is 0 Å². The first-order valence-electron chi connectivity index (χ1n) is 14.0. The standard InChI is InChI=1S/C28H41F3O2/c1-4-26(18-6-15-5-16(8-18)9-19(26)7-15)25(33-32)27(28(29,30)31)12-17-10-22(27)24-21-11-20(23(17)24)13(2)14(21)3/h13-25,32H,4-12H2,1-3H3. The fourth-order valence-corrected chi connectivity index (χ4v) is 13.0. The molecular weight excluding hydrogens is 425 g/mol. The van der Waals surface area contributed by atoms with Crippen LogP contribution in [0.1, 0.15) is 78.6 Å². The van der Waals surface area contributed by atoms with E-state index in [0.717, 1.165) is 32.1 Å². The second kappa shape index (κ2) is 6.72. The Hall–Kier alpha value is -0.290. The Balaban J connectivity index is 1.34. The number of fused-ring (bicyclic) bond motifs is 9. The molecule has 0 radical (unpaired) electrons. The molecule has 10 unspecified atom stereocenters. The van der Waals surface area contributed by atoms with E-state index < -0.39 is 23.1 Å². The molecule has 0 heterocycles. The van der Waals surface area contributed by atoms with Gasteiger partial charge in [-0.1, -0.05) is 20.8 Å². The van der Waals surface area contributed by atoms with Crippen LogP contribution in [0.3, 0.4) is 0 Å². The molecule has 0 spiro atoms. The smallest absolute Gasteiger partial charge is 0.251 e. The van der Waals surface area contributed by atoms with E-state index in [1.54, 1.807) is 0 Å². The molecule has 8 fully saturated rings. The lowest BCUT2D eigenvalue weighted by Gasteiger charge is -2.66. The highest BCUT2D eigenvalue weighted by molar-refractivity contribution is 5.23. The SMILES string of the molecule is CCC1(C(OO)C2(C(F)(F)F)CC3CC2C2C4CC(C(C)C4C)C32)C2CC3CC(C2)CC1C3. The van der Waals surface area contributed by atoms with Gasteiger partial charge in [-0.2, -0.15) is 13.2 Å². The second-order valence-corrected chi connectivity index (χ2v) is 14.0. The fraction of sp³-hybridized carbons (Fsp3) is 1.00. The topological polar surface area (TPSA) is 29.5 Å². The van der Waals surface area contributed by atoms with Crippen molar-refractivity contribution in [1.82, 2.24) is 0 Å². The van der Waals surface area contributed by atoms with Crippen molar-refractivity contribution < 1.29 is 23.3 Å². The number of rotatable bonds is 4. The first kappa shape index (κ1) is 21.9. The quantitative estimate of drug-likeness (QED) is 0.265. The summed E-state index contributed by atoms with van der Waals surface area (Å²) in [5, 5.41) is 10.5. The molecule has 8 aliphatic carbocycles. The van der Waals surface area contributed by atoms with Gasteiger partial charge in [0.2, 0.25) is 0 Å². The van der Waals surface area contributed by atoms with Gasteiger partial charge in [0.05, 0.1) is 5.41 Å². The number of alkyl halides is 3. The molecule has 0 saturated heterocycles. The zero-order valence-corrected chi connectivity index (χ0v) is 20.4. The van der Waals surface area contributed by atoms with Crippen LogP contribution in [0.25, 0.3) is 0 Å². The Labute approximate surface area is 196 Å². The Kier molecular flexibility index (Phi) is 4.47. The summed E-state index contributed by atoms with van der Waals surface area (Å²) in [5.74, 6) is 4.62. The first-order chi connectivity index (χ1) is 15.7. The van der Waals surface area contributed by atoms with E-state index in [-0.39, 0.29) is 36.0 Å². The molecular formula is C28H41F3O2. The molecule has 8 rings (SSSR count). The van der Waals surface area contributed by atoms with Crippen LogP contribution in [0.4, 0.5) is 13.2 Å². The average Bonchev–Trinajstić information content (AvgIpc) is 3.49. The lowest BCUT2D eigenvalue weighted by molar-refractivity contribution is -0.405. The summed E-state index contributed by atoms with van der Waals surface area (Å²) in [5.41, 5.74) is -2.39.